The fourth-order valence-electron chi connectivity index (χ4n) is 4.42. The van der Waals surface area contributed by atoms with Crippen molar-refractivity contribution in [3.63, 3.8) is 0 Å². The van der Waals surface area contributed by atoms with E-state index in [-0.39, 0.29) is 24.0 Å². The predicted octanol–water partition coefficient (Wildman–Crippen LogP) is 3.47. The average Bonchev–Trinajstić information content (AvgIpc) is 3.22. The summed E-state index contributed by atoms with van der Waals surface area (Å²) in [4.78, 5) is 14.5. The minimum absolute atomic E-state index is 0.0300. The first-order valence-corrected chi connectivity index (χ1v) is 10.2. The second-order valence-electron chi connectivity index (χ2n) is 7.81. The quantitative estimate of drug-likeness (QED) is 0.805. The van der Waals surface area contributed by atoms with E-state index in [2.05, 4.69) is 16.6 Å². The number of aromatic nitrogens is 2. The summed E-state index contributed by atoms with van der Waals surface area (Å²) in [5, 5.41) is 17.2. The van der Waals surface area contributed by atoms with Crippen LogP contribution in [0.4, 0.5) is 0 Å². The van der Waals surface area contributed by atoms with Gasteiger partial charge in [-0.05, 0) is 69.7 Å². The van der Waals surface area contributed by atoms with Gasteiger partial charge in [-0.3, -0.25) is 4.79 Å². The number of aryl methyl sites for hydroxylation is 1. The molecule has 3 atom stereocenters. The first-order chi connectivity index (χ1) is 13.5. The topological polar surface area (TPSA) is 74.0 Å². The Balaban J connectivity index is 1.53. The number of fused-ring (bicyclic) bond motifs is 1. The number of carbonyl (C=O) groups excluding carboxylic acids is 1. The molecule has 7 heteroatoms. The predicted molar refractivity (Wildman–Crippen MR) is 107 cm³/mol. The highest BCUT2D eigenvalue weighted by atomic mass is 35.5. The number of amides is 1. The molecule has 2 aromatic rings. The molecule has 1 aliphatic heterocycles. The molecular weight excluding hydrogens is 374 g/mol. The molecule has 1 saturated heterocycles. The second-order valence-corrected chi connectivity index (χ2v) is 8.22. The van der Waals surface area contributed by atoms with Gasteiger partial charge in [-0.15, -0.1) is 0 Å². The minimum atomic E-state index is -0.206. The van der Waals surface area contributed by atoms with E-state index in [9.17, 15) is 10.1 Å². The first-order valence-electron chi connectivity index (χ1n) is 9.84. The van der Waals surface area contributed by atoms with E-state index in [1.54, 1.807) is 17.0 Å². The Morgan fingerprint density at radius 2 is 2.11 bits per heavy atom. The number of nitrogens with zero attached hydrogens (tertiary/aromatic N) is 4. The summed E-state index contributed by atoms with van der Waals surface area (Å²) >= 11 is 6.47. The lowest BCUT2D eigenvalue weighted by atomic mass is 9.98. The van der Waals surface area contributed by atoms with Crippen LogP contribution in [-0.4, -0.2) is 38.7 Å². The number of nitriles is 1. The van der Waals surface area contributed by atoms with Gasteiger partial charge in [-0.1, -0.05) is 11.6 Å². The van der Waals surface area contributed by atoms with Gasteiger partial charge in [0.25, 0.3) is 5.91 Å². The van der Waals surface area contributed by atoms with Crippen molar-refractivity contribution in [2.45, 2.75) is 64.1 Å². The number of carbonyl (C=O) groups is 1. The highest BCUT2D eigenvalue weighted by molar-refractivity contribution is 6.34. The van der Waals surface area contributed by atoms with E-state index in [4.69, 9.17) is 11.6 Å². The largest absolute Gasteiger partial charge is 0.347 e. The van der Waals surface area contributed by atoms with E-state index in [1.807, 2.05) is 30.8 Å². The molecule has 0 spiro atoms. The summed E-state index contributed by atoms with van der Waals surface area (Å²) in [5.41, 5.74) is 3.87. The van der Waals surface area contributed by atoms with E-state index in [1.165, 1.54) is 24.1 Å². The molecule has 1 aliphatic carbocycles. The maximum absolute atomic E-state index is 12.8. The average molecular weight is 398 g/mol. The van der Waals surface area contributed by atoms with Crippen LogP contribution in [0, 0.1) is 11.5 Å². The van der Waals surface area contributed by atoms with Crippen LogP contribution in [0.15, 0.2) is 24.4 Å². The fraction of sp³-hybridized carbons (Fsp3) is 0.476. The highest BCUT2D eigenvalue weighted by Gasteiger charge is 2.36. The van der Waals surface area contributed by atoms with Crippen molar-refractivity contribution in [3.05, 3.63) is 46.2 Å². The Morgan fingerprint density at radius 1 is 1.32 bits per heavy atom. The third kappa shape index (κ3) is 3.24. The molecule has 1 fully saturated rings. The van der Waals surface area contributed by atoms with Gasteiger partial charge in [0.1, 0.15) is 0 Å². The summed E-state index contributed by atoms with van der Waals surface area (Å²) in [6, 6.07) is 5.48. The van der Waals surface area contributed by atoms with Gasteiger partial charge in [-0.25, -0.2) is 4.68 Å². The van der Waals surface area contributed by atoms with Crippen molar-refractivity contribution < 1.29 is 4.79 Å². The molecule has 1 aromatic heterocycles. The third-order valence-electron chi connectivity index (χ3n) is 6.03. The van der Waals surface area contributed by atoms with Crippen LogP contribution in [0.25, 0.3) is 5.69 Å². The summed E-state index contributed by atoms with van der Waals surface area (Å²) < 4.78 is 1.94. The molecule has 146 valence electrons. The van der Waals surface area contributed by atoms with Gasteiger partial charge in [0, 0.05) is 11.7 Å². The van der Waals surface area contributed by atoms with Crippen molar-refractivity contribution in [3.8, 4) is 11.9 Å². The minimum Gasteiger partial charge on any atom is -0.347 e. The molecule has 1 N–H and O–H groups in total. The van der Waals surface area contributed by atoms with Crippen molar-refractivity contribution in [2.75, 3.05) is 0 Å². The van der Waals surface area contributed by atoms with Crippen LogP contribution in [0.5, 0.6) is 0 Å². The van der Waals surface area contributed by atoms with Crippen molar-refractivity contribution in [1.82, 2.24) is 20.0 Å². The van der Waals surface area contributed by atoms with E-state index in [0.29, 0.717) is 10.6 Å². The Morgan fingerprint density at radius 3 is 2.82 bits per heavy atom. The van der Waals surface area contributed by atoms with Crippen molar-refractivity contribution in [2.24, 2.45) is 0 Å². The molecule has 2 aliphatic rings. The third-order valence-corrected chi connectivity index (χ3v) is 6.34. The summed E-state index contributed by atoms with van der Waals surface area (Å²) in [6.07, 6.45) is 9.36. The molecule has 4 rings (SSSR count). The van der Waals surface area contributed by atoms with E-state index in [0.717, 1.165) is 24.9 Å². The number of benzene rings is 1. The monoisotopic (exact) mass is 397 g/mol. The summed E-state index contributed by atoms with van der Waals surface area (Å²) in [7, 11) is 0. The molecule has 28 heavy (non-hydrogen) atoms. The smallest absolute Gasteiger partial charge is 0.253 e. The Labute approximate surface area is 170 Å². The standard InChI is InChI=1S/C21H24ClN5O/c1-13-9-19(14(2)26(13)12-23)25-21(28)17-8-7-16(10-18(17)22)27-20-6-4-3-5-15(20)11-24-27/h7-8,10-11,13-14,19H,3-6,9H2,1-2H3,(H,25,28)/t13-,14+,19+/m0/s1. The zero-order chi connectivity index (χ0) is 19.8. The second kappa shape index (κ2) is 7.48. The zero-order valence-electron chi connectivity index (χ0n) is 16.2. The maximum Gasteiger partial charge on any atom is 0.253 e. The Hall–Kier alpha value is -2.52. The van der Waals surface area contributed by atoms with Gasteiger partial charge in [-0.2, -0.15) is 10.4 Å². The number of rotatable bonds is 3. The summed E-state index contributed by atoms with van der Waals surface area (Å²) in [5.74, 6) is -0.206. The fourth-order valence-corrected chi connectivity index (χ4v) is 4.68. The zero-order valence-corrected chi connectivity index (χ0v) is 16.9. The molecule has 6 nitrogen and oxygen atoms in total. The number of hydrogen-bond donors (Lipinski definition) is 1. The van der Waals surface area contributed by atoms with Crippen molar-refractivity contribution >= 4 is 17.5 Å². The molecule has 1 amide bonds. The van der Waals surface area contributed by atoms with Crippen LogP contribution in [-0.2, 0) is 12.8 Å². The van der Waals surface area contributed by atoms with Gasteiger partial charge in [0.05, 0.1) is 34.6 Å². The van der Waals surface area contributed by atoms with E-state index < -0.39 is 0 Å². The lowest BCUT2D eigenvalue weighted by Gasteiger charge is -2.22. The lowest BCUT2D eigenvalue weighted by Crippen LogP contribution is -2.42. The van der Waals surface area contributed by atoms with Gasteiger partial charge < -0.3 is 10.2 Å². The molecule has 0 unspecified atom stereocenters. The number of hydrogen-bond acceptors (Lipinski definition) is 4. The summed E-state index contributed by atoms with van der Waals surface area (Å²) in [6.45, 7) is 3.96. The van der Waals surface area contributed by atoms with Crippen LogP contribution < -0.4 is 5.32 Å². The molecule has 0 radical (unpaired) electrons. The van der Waals surface area contributed by atoms with Gasteiger partial charge >= 0.3 is 0 Å². The van der Waals surface area contributed by atoms with Crippen LogP contribution in [0.3, 0.4) is 0 Å². The Bertz CT molecular complexity index is 947. The molecular formula is C21H24ClN5O. The first kappa shape index (κ1) is 18.8. The molecule has 1 aromatic carbocycles. The lowest BCUT2D eigenvalue weighted by molar-refractivity contribution is 0.0931. The van der Waals surface area contributed by atoms with Crippen molar-refractivity contribution in [1.29, 1.82) is 5.26 Å². The van der Waals surface area contributed by atoms with Gasteiger partial charge in [0.2, 0.25) is 0 Å². The number of halogens is 1. The normalized spacial score (nSPS) is 23.9. The molecule has 2 heterocycles. The number of likely N-dealkylation sites (tertiary alicyclic amines) is 1. The van der Waals surface area contributed by atoms with Crippen LogP contribution in [0.1, 0.15) is 54.7 Å². The molecule has 0 saturated carbocycles. The van der Waals surface area contributed by atoms with Crippen LogP contribution >= 0.6 is 11.6 Å². The molecule has 0 bridgehead atoms. The maximum atomic E-state index is 12.8. The van der Waals surface area contributed by atoms with Gasteiger partial charge in [0.15, 0.2) is 6.19 Å². The van der Waals surface area contributed by atoms with E-state index >= 15 is 0 Å². The SMILES string of the molecule is C[C@@H]1[C@H](NC(=O)c2ccc(-n3ncc4c3CCCC4)cc2Cl)C[C@H](C)N1C#N. The van der Waals surface area contributed by atoms with Crippen LogP contribution in [0.2, 0.25) is 5.02 Å². The number of nitrogens with one attached hydrogen (secondary N) is 1. The Kier molecular flexibility index (Phi) is 5.03. The highest BCUT2D eigenvalue weighted by Crippen LogP contribution is 2.27.